The van der Waals surface area contributed by atoms with Crippen molar-refractivity contribution in [3.63, 3.8) is 0 Å². The summed E-state index contributed by atoms with van der Waals surface area (Å²) in [7, 11) is 0. The van der Waals surface area contributed by atoms with Crippen LogP contribution in [0.15, 0.2) is 43.0 Å². The number of piperidine rings is 1. The van der Waals surface area contributed by atoms with Crippen LogP contribution in [0.1, 0.15) is 60.6 Å². The molecule has 3 aromatic heterocycles. The van der Waals surface area contributed by atoms with Gasteiger partial charge in [-0.2, -0.15) is 0 Å². The van der Waals surface area contributed by atoms with Gasteiger partial charge in [0.05, 0.1) is 23.4 Å². The van der Waals surface area contributed by atoms with Crippen molar-refractivity contribution >= 4 is 22.8 Å². The maximum atomic E-state index is 13.1. The Hall–Kier alpha value is -3.13. The van der Waals surface area contributed by atoms with Crippen molar-refractivity contribution < 1.29 is 4.79 Å². The van der Waals surface area contributed by atoms with Crippen LogP contribution in [0.3, 0.4) is 0 Å². The second-order valence-corrected chi connectivity index (χ2v) is 10.9. The molecule has 0 aromatic carbocycles. The van der Waals surface area contributed by atoms with Crippen molar-refractivity contribution in [1.82, 2.24) is 28.9 Å². The van der Waals surface area contributed by atoms with Crippen LogP contribution in [0.4, 0.5) is 5.82 Å². The van der Waals surface area contributed by atoms with E-state index in [1.54, 1.807) is 0 Å². The molecule has 0 unspecified atom stereocenters. The molecule has 6 rings (SSSR count). The van der Waals surface area contributed by atoms with Crippen molar-refractivity contribution in [3.05, 3.63) is 54.3 Å². The number of hydrogen-bond donors (Lipinski definition) is 1. The first-order valence-electron chi connectivity index (χ1n) is 13.5. The number of fused-ring (bicyclic) bond motifs is 1. The number of anilines is 1. The minimum absolute atomic E-state index is 0.113. The zero-order valence-corrected chi connectivity index (χ0v) is 21.2. The molecule has 190 valence electrons. The fourth-order valence-electron chi connectivity index (χ4n) is 6.17. The molecule has 1 aliphatic carbocycles. The number of nitrogens with zero attached hydrogens (tertiary/aromatic N) is 6. The van der Waals surface area contributed by atoms with E-state index in [0.29, 0.717) is 30.9 Å². The summed E-state index contributed by atoms with van der Waals surface area (Å²) in [5.41, 5.74) is 9.43. The summed E-state index contributed by atoms with van der Waals surface area (Å²) in [6.45, 7) is 6.68. The molecule has 1 atom stereocenters. The van der Waals surface area contributed by atoms with E-state index in [4.69, 9.17) is 5.73 Å². The maximum Gasteiger partial charge on any atom is 0.255 e. The van der Waals surface area contributed by atoms with Gasteiger partial charge in [-0.25, -0.2) is 9.97 Å². The van der Waals surface area contributed by atoms with Crippen molar-refractivity contribution in [1.29, 1.82) is 0 Å². The van der Waals surface area contributed by atoms with Crippen molar-refractivity contribution in [2.45, 2.75) is 64.1 Å². The van der Waals surface area contributed by atoms with Crippen molar-refractivity contribution in [3.8, 4) is 0 Å². The average molecular weight is 488 g/mol. The third-order valence-corrected chi connectivity index (χ3v) is 8.32. The molecule has 3 aromatic rings. The Bertz CT molecular complexity index is 1260. The Kier molecular flexibility index (Phi) is 6.29. The van der Waals surface area contributed by atoms with Crippen molar-refractivity contribution in [2.75, 3.05) is 31.9 Å². The highest BCUT2D eigenvalue weighted by Crippen LogP contribution is 2.29. The highest BCUT2D eigenvalue weighted by Gasteiger charge is 2.34. The van der Waals surface area contributed by atoms with Crippen LogP contribution < -0.4 is 5.73 Å². The largest absolute Gasteiger partial charge is 0.382 e. The van der Waals surface area contributed by atoms with E-state index in [1.165, 1.54) is 51.6 Å². The topological polar surface area (TPSA) is 85.2 Å². The molecular weight excluding hydrogens is 450 g/mol. The van der Waals surface area contributed by atoms with E-state index in [9.17, 15) is 4.79 Å². The Morgan fingerprint density at radius 1 is 1.17 bits per heavy atom. The summed E-state index contributed by atoms with van der Waals surface area (Å²) in [6, 6.07) is 4.85. The fourth-order valence-corrected chi connectivity index (χ4v) is 6.17. The van der Waals surface area contributed by atoms with E-state index >= 15 is 0 Å². The lowest BCUT2D eigenvalue weighted by Crippen LogP contribution is -2.50. The second kappa shape index (κ2) is 9.73. The van der Waals surface area contributed by atoms with E-state index in [0.717, 1.165) is 28.8 Å². The third kappa shape index (κ3) is 4.54. The number of carbonyl (C=O) groups is 1. The number of imidazole rings is 1. The number of carbonyl (C=O) groups excluding carboxylic acids is 1. The molecular formula is C28H37N7O. The van der Waals surface area contributed by atoms with Gasteiger partial charge in [-0.05, 0) is 70.2 Å². The number of hydrogen-bond acceptors (Lipinski definition) is 5. The van der Waals surface area contributed by atoms with Crippen LogP contribution in [0.25, 0.3) is 11.0 Å². The number of nitrogens with two attached hydrogens (primary N) is 1. The van der Waals surface area contributed by atoms with Crippen molar-refractivity contribution in [2.24, 2.45) is 5.92 Å². The Balaban J connectivity index is 1.02. The fraction of sp³-hybridized carbons (Fsp3) is 0.536. The van der Waals surface area contributed by atoms with Gasteiger partial charge in [0.1, 0.15) is 5.52 Å². The molecule has 5 heterocycles. The van der Waals surface area contributed by atoms with Gasteiger partial charge < -0.3 is 19.8 Å². The van der Waals surface area contributed by atoms with E-state index in [-0.39, 0.29) is 11.9 Å². The van der Waals surface area contributed by atoms with Gasteiger partial charge >= 0.3 is 0 Å². The standard InChI is InChI=1S/C28H37N7O/c1-20-14-25-26(27(29)31-20)30-19-35(25)24-17-34(18-24)28(36)22-10-11-32(16-22)15-21-8-12-33(13-9-21)23-6-4-2-3-5-7-23/h4,6,10-11,14,16,19,21,23-24H,2-3,5,7-9,12-13,15,17-18H2,1H3,(H2,29,31)/t23-/m0/s1. The number of aromatic nitrogens is 4. The number of pyridine rings is 1. The Morgan fingerprint density at radius 3 is 2.83 bits per heavy atom. The zero-order valence-electron chi connectivity index (χ0n) is 21.2. The molecule has 3 aliphatic rings. The van der Waals surface area contributed by atoms with Gasteiger partial charge in [-0.3, -0.25) is 9.69 Å². The maximum absolute atomic E-state index is 13.1. The highest BCUT2D eigenvalue weighted by atomic mass is 16.2. The van der Waals surface area contributed by atoms with E-state index < -0.39 is 0 Å². The number of rotatable bonds is 5. The minimum Gasteiger partial charge on any atom is -0.382 e. The number of allylic oxidation sites excluding steroid dienone is 1. The molecule has 0 bridgehead atoms. The average Bonchev–Trinajstić information content (AvgIpc) is 3.38. The number of likely N-dealkylation sites (tertiary alicyclic amines) is 2. The summed E-state index contributed by atoms with van der Waals surface area (Å²) in [5, 5.41) is 0. The molecule has 2 N–H and O–H groups in total. The predicted octanol–water partition coefficient (Wildman–Crippen LogP) is 4.03. The first kappa shape index (κ1) is 23.3. The van der Waals surface area contributed by atoms with Gasteiger partial charge in [0, 0.05) is 43.8 Å². The molecule has 8 nitrogen and oxygen atoms in total. The summed E-state index contributed by atoms with van der Waals surface area (Å²) in [5.74, 6) is 1.26. The second-order valence-electron chi connectivity index (χ2n) is 10.9. The molecule has 0 spiro atoms. The molecule has 2 fully saturated rings. The molecule has 2 saturated heterocycles. The molecule has 2 aliphatic heterocycles. The Labute approximate surface area is 212 Å². The van der Waals surface area contributed by atoms with E-state index in [1.807, 2.05) is 36.5 Å². The molecule has 1 amide bonds. The van der Waals surface area contributed by atoms with Crippen LogP contribution >= 0.6 is 0 Å². The smallest absolute Gasteiger partial charge is 0.255 e. The molecule has 0 radical (unpaired) electrons. The summed E-state index contributed by atoms with van der Waals surface area (Å²) >= 11 is 0. The van der Waals surface area contributed by atoms with Crippen LogP contribution in [-0.2, 0) is 6.54 Å². The van der Waals surface area contributed by atoms with Gasteiger partial charge in [-0.15, -0.1) is 0 Å². The predicted molar refractivity (Wildman–Crippen MR) is 142 cm³/mol. The minimum atomic E-state index is 0.113. The Morgan fingerprint density at radius 2 is 2.00 bits per heavy atom. The van der Waals surface area contributed by atoms with Gasteiger partial charge in [0.15, 0.2) is 5.82 Å². The first-order chi connectivity index (χ1) is 17.5. The lowest BCUT2D eigenvalue weighted by molar-refractivity contribution is 0.0526. The summed E-state index contributed by atoms with van der Waals surface area (Å²) < 4.78 is 4.35. The monoisotopic (exact) mass is 487 g/mol. The van der Waals surface area contributed by atoms with Crippen LogP contribution in [0, 0.1) is 12.8 Å². The normalized spacial score (nSPS) is 22.1. The quantitative estimate of drug-likeness (QED) is 0.549. The lowest BCUT2D eigenvalue weighted by atomic mass is 9.95. The van der Waals surface area contributed by atoms with Gasteiger partial charge in [-0.1, -0.05) is 18.6 Å². The number of aryl methyl sites for hydroxylation is 1. The molecule has 36 heavy (non-hydrogen) atoms. The molecule has 8 heteroatoms. The van der Waals surface area contributed by atoms with Crippen LogP contribution in [0.2, 0.25) is 0 Å². The SMILES string of the molecule is Cc1cc2c(ncn2C2CN(C(=O)c3ccn(CC4CCN([C@H]5C=CCCCC5)CC4)c3)C2)c(N)n1. The zero-order chi connectivity index (χ0) is 24.6. The first-order valence-corrected chi connectivity index (χ1v) is 13.5. The number of amides is 1. The van der Waals surface area contributed by atoms with E-state index in [2.05, 4.69) is 42.4 Å². The van der Waals surface area contributed by atoms with Gasteiger partial charge in [0.2, 0.25) is 0 Å². The molecule has 0 saturated carbocycles. The number of nitrogen functional groups attached to an aromatic ring is 1. The summed E-state index contributed by atoms with van der Waals surface area (Å²) in [4.78, 5) is 26.5. The summed E-state index contributed by atoms with van der Waals surface area (Å²) in [6.07, 6.45) is 18.5. The van der Waals surface area contributed by atoms with Gasteiger partial charge in [0.25, 0.3) is 5.91 Å². The van der Waals surface area contributed by atoms with Crippen LogP contribution in [-0.4, -0.2) is 67.0 Å². The third-order valence-electron chi connectivity index (χ3n) is 8.32. The lowest BCUT2D eigenvalue weighted by Gasteiger charge is -2.40. The highest BCUT2D eigenvalue weighted by molar-refractivity contribution is 5.94. The van der Waals surface area contributed by atoms with Crippen LogP contribution in [0.5, 0.6) is 0 Å².